The molecule has 3 nitrogen and oxygen atoms in total. The van der Waals surface area contributed by atoms with Crippen LogP contribution in [0.3, 0.4) is 0 Å². The van der Waals surface area contributed by atoms with Crippen molar-refractivity contribution in [2.45, 2.75) is 56.5 Å². The Kier molecular flexibility index (Phi) is 4.72. The predicted octanol–water partition coefficient (Wildman–Crippen LogP) is 5.59. The van der Waals surface area contributed by atoms with Crippen molar-refractivity contribution in [2.24, 2.45) is 22.9 Å². The summed E-state index contributed by atoms with van der Waals surface area (Å²) in [6.07, 6.45) is 7.88. The van der Waals surface area contributed by atoms with E-state index < -0.39 is 5.60 Å². The average Bonchev–Trinajstić information content (AvgIpc) is 2.75. The van der Waals surface area contributed by atoms with Crippen LogP contribution in [-0.2, 0) is 0 Å². The lowest BCUT2D eigenvalue weighted by Crippen LogP contribution is -2.60. The van der Waals surface area contributed by atoms with Crippen LogP contribution < -0.4 is 5.43 Å². The maximum absolute atomic E-state index is 12.0. The van der Waals surface area contributed by atoms with E-state index in [9.17, 15) is 5.11 Å². The van der Waals surface area contributed by atoms with Crippen molar-refractivity contribution in [2.75, 3.05) is 5.43 Å². The summed E-state index contributed by atoms with van der Waals surface area (Å²) in [5.74, 6) is 1.36. The molecule has 2 bridgehead atoms. The molecular formula is C25H30N2O. The molecule has 0 aliphatic heterocycles. The van der Waals surface area contributed by atoms with Crippen LogP contribution in [0.4, 0.5) is 5.69 Å². The molecule has 3 aliphatic rings. The molecule has 28 heavy (non-hydrogen) atoms. The fourth-order valence-electron chi connectivity index (χ4n) is 6.32. The summed E-state index contributed by atoms with van der Waals surface area (Å²) >= 11 is 0. The van der Waals surface area contributed by atoms with Gasteiger partial charge in [0.25, 0.3) is 0 Å². The van der Waals surface area contributed by atoms with Crippen LogP contribution in [0.1, 0.15) is 56.4 Å². The minimum absolute atomic E-state index is 0.202. The molecule has 3 fully saturated rings. The molecule has 3 saturated carbocycles. The highest BCUT2D eigenvalue weighted by Crippen LogP contribution is 2.58. The second-order valence-corrected chi connectivity index (χ2v) is 8.88. The third-order valence-corrected chi connectivity index (χ3v) is 7.47. The molecule has 2 aromatic rings. The van der Waals surface area contributed by atoms with Gasteiger partial charge in [-0.2, -0.15) is 5.10 Å². The Labute approximate surface area is 167 Å². The van der Waals surface area contributed by atoms with E-state index in [0.717, 1.165) is 31.4 Å². The molecule has 0 heterocycles. The molecule has 0 saturated heterocycles. The third-order valence-electron chi connectivity index (χ3n) is 7.47. The van der Waals surface area contributed by atoms with Gasteiger partial charge in [0.15, 0.2) is 0 Å². The molecule has 0 unspecified atom stereocenters. The number of hydrogen-bond acceptors (Lipinski definition) is 3. The van der Waals surface area contributed by atoms with Gasteiger partial charge in [0.05, 0.1) is 11.3 Å². The van der Waals surface area contributed by atoms with Gasteiger partial charge in [0, 0.05) is 17.5 Å². The number of aliphatic hydroxyl groups is 1. The molecule has 0 amide bonds. The monoisotopic (exact) mass is 374 g/mol. The number of anilines is 1. The average molecular weight is 375 g/mol. The summed E-state index contributed by atoms with van der Waals surface area (Å²) < 4.78 is 0. The van der Waals surface area contributed by atoms with Gasteiger partial charge in [-0.3, -0.25) is 5.43 Å². The van der Waals surface area contributed by atoms with Gasteiger partial charge in [0.1, 0.15) is 0 Å². The summed E-state index contributed by atoms with van der Waals surface area (Å²) in [6, 6.07) is 21.1. The molecule has 0 aromatic heterocycles. The molecule has 3 heteroatoms. The van der Waals surface area contributed by atoms with Gasteiger partial charge in [-0.05, 0) is 55.2 Å². The SMILES string of the molecule is O[C@]12CCCC[C@@H]1[C@H](c1ccccc1)[C@H]1CCC[C@H]2/C1=N\Nc1ccccc1. The van der Waals surface area contributed by atoms with Crippen molar-refractivity contribution >= 4 is 11.4 Å². The molecule has 5 rings (SSSR count). The van der Waals surface area contributed by atoms with Crippen LogP contribution in [0.15, 0.2) is 65.8 Å². The van der Waals surface area contributed by atoms with Crippen molar-refractivity contribution < 1.29 is 5.11 Å². The zero-order chi connectivity index (χ0) is 19.0. The lowest BCUT2D eigenvalue weighted by atomic mass is 9.49. The van der Waals surface area contributed by atoms with Gasteiger partial charge in [-0.15, -0.1) is 0 Å². The Morgan fingerprint density at radius 1 is 0.857 bits per heavy atom. The van der Waals surface area contributed by atoms with E-state index >= 15 is 0 Å². The van der Waals surface area contributed by atoms with Gasteiger partial charge in [-0.1, -0.05) is 67.8 Å². The van der Waals surface area contributed by atoms with E-state index in [0.29, 0.717) is 17.8 Å². The topological polar surface area (TPSA) is 44.6 Å². The van der Waals surface area contributed by atoms with Gasteiger partial charge < -0.3 is 5.11 Å². The Hall–Kier alpha value is -2.13. The zero-order valence-corrected chi connectivity index (χ0v) is 16.4. The van der Waals surface area contributed by atoms with Gasteiger partial charge in [0.2, 0.25) is 0 Å². The Bertz CT molecular complexity index is 834. The van der Waals surface area contributed by atoms with Crippen molar-refractivity contribution in [3.63, 3.8) is 0 Å². The normalized spacial score (nSPS) is 36.0. The molecule has 2 N–H and O–H groups in total. The Balaban J connectivity index is 1.57. The number of fused-ring (bicyclic) bond motifs is 4. The van der Waals surface area contributed by atoms with Crippen LogP contribution in [0.25, 0.3) is 0 Å². The fourth-order valence-corrected chi connectivity index (χ4v) is 6.32. The fraction of sp³-hybridized carbons (Fsp3) is 0.480. The lowest BCUT2D eigenvalue weighted by Gasteiger charge is -2.57. The first-order chi connectivity index (χ1) is 13.8. The molecule has 146 valence electrons. The Morgan fingerprint density at radius 3 is 2.39 bits per heavy atom. The number of nitrogens with zero attached hydrogens (tertiary/aromatic N) is 1. The number of nitrogens with one attached hydrogen (secondary N) is 1. The summed E-state index contributed by atoms with van der Waals surface area (Å²) in [5, 5.41) is 16.9. The molecule has 0 radical (unpaired) electrons. The van der Waals surface area contributed by atoms with E-state index in [1.54, 1.807) is 0 Å². The highest BCUT2D eigenvalue weighted by molar-refractivity contribution is 5.93. The maximum Gasteiger partial charge on any atom is 0.0762 e. The van der Waals surface area contributed by atoms with Crippen LogP contribution in [-0.4, -0.2) is 16.4 Å². The highest BCUT2D eigenvalue weighted by atomic mass is 16.3. The maximum atomic E-state index is 12.0. The van der Waals surface area contributed by atoms with E-state index in [1.165, 1.54) is 30.5 Å². The summed E-state index contributed by atoms with van der Waals surface area (Å²) in [4.78, 5) is 0. The standard InChI is InChI=1S/C25H30N2O/c28-25-17-8-7-15-21(25)23(18-10-3-1-4-11-18)20-14-9-16-22(25)24(20)27-26-19-12-5-2-6-13-19/h1-6,10-13,20-23,26,28H,7-9,14-17H2/b27-24-/t20-,21-,22+,23-,25-/m1/s1. The number of hydrazone groups is 1. The smallest absolute Gasteiger partial charge is 0.0762 e. The van der Waals surface area contributed by atoms with E-state index in [-0.39, 0.29) is 5.92 Å². The summed E-state index contributed by atoms with van der Waals surface area (Å²) in [6.45, 7) is 0. The number of benzene rings is 2. The molecular weight excluding hydrogens is 344 g/mol. The molecule has 3 aliphatic carbocycles. The largest absolute Gasteiger partial charge is 0.389 e. The minimum Gasteiger partial charge on any atom is -0.389 e. The molecule has 2 aromatic carbocycles. The zero-order valence-electron chi connectivity index (χ0n) is 16.4. The lowest BCUT2D eigenvalue weighted by molar-refractivity contribution is -0.110. The van der Waals surface area contributed by atoms with E-state index in [2.05, 4.69) is 47.9 Å². The molecule has 5 atom stereocenters. The van der Waals surface area contributed by atoms with E-state index in [4.69, 9.17) is 5.10 Å². The van der Waals surface area contributed by atoms with Crippen molar-refractivity contribution in [3.05, 3.63) is 66.2 Å². The number of para-hydroxylation sites is 1. The first-order valence-corrected chi connectivity index (χ1v) is 10.9. The van der Waals surface area contributed by atoms with Crippen LogP contribution in [0.5, 0.6) is 0 Å². The van der Waals surface area contributed by atoms with Crippen LogP contribution in [0, 0.1) is 17.8 Å². The second kappa shape index (κ2) is 7.36. The second-order valence-electron chi connectivity index (χ2n) is 8.88. The van der Waals surface area contributed by atoms with Crippen LogP contribution in [0.2, 0.25) is 0 Å². The number of rotatable bonds is 3. The van der Waals surface area contributed by atoms with Crippen molar-refractivity contribution in [1.82, 2.24) is 0 Å². The number of hydrogen-bond donors (Lipinski definition) is 2. The molecule has 0 spiro atoms. The summed E-state index contributed by atoms with van der Waals surface area (Å²) in [5.41, 5.74) is 6.31. The van der Waals surface area contributed by atoms with Crippen LogP contribution >= 0.6 is 0 Å². The van der Waals surface area contributed by atoms with Gasteiger partial charge >= 0.3 is 0 Å². The Morgan fingerprint density at radius 2 is 1.61 bits per heavy atom. The quantitative estimate of drug-likeness (QED) is 0.688. The van der Waals surface area contributed by atoms with E-state index in [1.807, 2.05) is 18.2 Å². The summed E-state index contributed by atoms with van der Waals surface area (Å²) in [7, 11) is 0. The van der Waals surface area contributed by atoms with Crippen molar-refractivity contribution in [1.29, 1.82) is 0 Å². The first-order valence-electron chi connectivity index (χ1n) is 10.9. The van der Waals surface area contributed by atoms with Gasteiger partial charge in [-0.25, -0.2) is 0 Å². The minimum atomic E-state index is -0.604. The first kappa shape index (κ1) is 17.9. The van der Waals surface area contributed by atoms with Crippen molar-refractivity contribution in [3.8, 4) is 0 Å². The highest BCUT2D eigenvalue weighted by Gasteiger charge is 2.58. The predicted molar refractivity (Wildman–Crippen MR) is 114 cm³/mol. The third kappa shape index (κ3) is 2.97.